The van der Waals surface area contributed by atoms with E-state index in [2.05, 4.69) is 4.98 Å². The van der Waals surface area contributed by atoms with E-state index in [1.165, 1.54) is 11.3 Å². The summed E-state index contributed by atoms with van der Waals surface area (Å²) in [6.07, 6.45) is 1.74. The monoisotopic (exact) mass is 362 g/mol. The fourth-order valence-corrected chi connectivity index (χ4v) is 4.05. The van der Waals surface area contributed by atoms with Crippen LogP contribution in [0.2, 0.25) is 0 Å². The lowest BCUT2D eigenvalue weighted by atomic mass is 10.1. The highest BCUT2D eigenvalue weighted by atomic mass is 32.1. The van der Waals surface area contributed by atoms with Gasteiger partial charge in [-0.1, -0.05) is 36.4 Å². The summed E-state index contributed by atoms with van der Waals surface area (Å²) in [7, 11) is 0. The first-order valence-electron chi connectivity index (χ1n) is 8.32. The highest BCUT2D eigenvalue weighted by molar-refractivity contribution is 7.13. The number of pyridine rings is 1. The number of aryl methyl sites for hydroxylation is 1. The van der Waals surface area contributed by atoms with Crippen LogP contribution in [-0.4, -0.2) is 32.4 Å². The molecule has 0 saturated heterocycles. The summed E-state index contributed by atoms with van der Waals surface area (Å²) >= 11 is 1.51. The maximum Gasteiger partial charge on any atom is 0.135 e. The molecular weight excluding hydrogens is 344 g/mol. The number of aliphatic hydroxyl groups is 1. The van der Waals surface area contributed by atoms with Crippen molar-refractivity contribution in [2.45, 2.75) is 13.5 Å². The third-order valence-electron chi connectivity index (χ3n) is 4.32. The summed E-state index contributed by atoms with van der Waals surface area (Å²) in [5, 5.41) is 19.7. The molecule has 3 heterocycles. The first-order valence-corrected chi connectivity index (χ1v) is 9.14. The van der Waals surface area contributed by atoms with Gasteiger partial charge in [0.25, 0.3) is 0 Å². The molecule has 0 bridgehead atoms. The van der Waals surface area contributed by atoms with E-state index in [4.69, 9.17) is 10.4 Å². The molecule has 5 nitrogen and oxygen atoms in total. The molecule has 0 amide bonds. The molecule has 1 aliphatic rings. The molecule has 0 unspecified atom stereocenters. The lowest BCUT2D eigenvalue weighted by molar-refractivity contribution is 0.345. The predicted molar refractivity (Wildman–Crippen MR) is 104 cm³/mol. The highest BCUT2D eigenvalue weighted by Crippen LogP contribution is 2.35. The Morgan fingerprint density at radius 3 is 2.65 bits per heavy atom. The Kier molecular flexibility index (Phi) is 4.26. The predicted octanol–water partition coefficient (Wildman–Crippen LogP) is 4.28. The number of aliphatic hydroxyl groups excluding tert-OH is 1. The molecule has 4 rings (SSSR count). The van der Waals surface area contributed by atoms with Crippen LogP contribution in [0.1, 0.15) is 15.6 Å². The Hall–Kier alpha value is -2.99. The first kappa shape index (κ1) is 16.5. The lowest BCUT2D eigenvalue weighted by Gasteiger charge is -2.17. The number of hydrogen-bond donors (Lipinski definition) is 2. The number of aromatic nitrogens is 2. The fourth-order valence-electron chi connectivity index (χ4n) is 3.05. The Bertz CT molecular complexity index is 980. The summed E-state index contributed by atoms with van der Waals surface area (Å²) in [4.78, 5) is 11.9. The Morgan fingerprint density at radius 1 is 1.15 bits per heavy atom. The van der Waals surface area contributed by atoms with Crippen molar-refractivity contribution < 1.29 is 5.11 Å². The van der Waals surface area contributed by atoms with Crippen molar-refractivity contribution in [3.63, 3.8) is 0 Å². The third-order valence-corrected chi connectivity index (χ3v) is 5.31. The topological polar surface area (TPSA) is 73.1 Å². The van der Waals surface area contributed by atoms with Gasteiger partial charge < -0.3 is 10.0 Å². The van der Waals surface area contributed by atoms with E-state index in [-0.39, 0.29) is 5.76 Å². The van der Waals surface area contributed by atoms with Crippen molar-refractivity contribution >= 4 is 22.7 Å². The van der Waals surface area contributed by atoms with Gasteiger partial charge in [-0.25, -0.2) is 4.98 Å². The van der Waals surface area contributed by atoms with Gasteiger partial charge in [0.15, 0.2) is 0 Å². The van der Waals surface area contributed by atoms with Crippen molar-refractivity contribution in [1.29, 1.82) is 5.41 Å². The van der Waals surface area contributed by atoms with E-state index in [0.29, 0.717) is 29.5 Å². The Morgan fingerprint density at radius 2 is 1.92 bits per heavy atom. The SMILES string of the molecule is Cc1sc(C2=C(O)CN(Cc3ccccn3)C2=N)nc1-c1ccccc1. The molecule has 0 atom stereocenters. The first-order chi connectivity index (χ1) is 12.6. The maximum absolute atomic E-state index is 10.5. The third kappa shape index (κ3) is 2.99. The van der Waals surface area contributed by atoms with Crippen LogP contribution >= 0.6 is 11.3 Å². The standard InChI is InChI=1S/C20H18N4OS/c1-13-18(14-7-3-2-4-8-14)23-20(26-13)17-16(25)12-24(19(17)21)11-15-9-5-6-10-22-15/h2-10,21,25H,11-12H2,1H3. The van der Waals surface area contributed by atoms with Gasteiger partial charge in [-0.3, -0.25) is 10.4 Å². The molecule has 3 aromatic rings. The Labute approximate surface area is 155 Å². The summed E-state index contributed by atoms with van der Waals surface area (Å²) in [5.74, 6) is 0.487. The highest BCUT2D eigenvalue weighted by Gasteiger charge is 2.31. The van der Waals surface area contributed by atoms with Crippen LogP contribution < -0.4 is 0 Å². The molecule has 0 aliphatic carbocycles. The van der Waals surface area contributed by atoms with Crippen molar-refractivity contribution in [2.24, 2.45) is 0 Å². The summed E-state index contributed by atoms with van der Waals surface area (Å²) in [6.45, 7) is 2.82. The van der Waals surface area contributed by atoms with Crippen LogP contribution in [0, 0.1) is 12.3 Å². The molecular formula is C20H18N4OS. The number of nitrogens with zero attached hydrogens (tertiary/aromatic N) is 3. The fraction of sp³-hybridized carbons (Fsp3) is 0.150. The molecule has 2 N–H and O–H groups in total. The zero-order valence-corrected chi connectivity index (χ0v) is 15.1. The number of benzene rings is 1. The number of amidine groups is 1. The second-order valence-corrected chi connectivity index (χ2v) is 7.34. The number of nitrogens with one attached hydrogen (secondary N) is 1. The molecule has 0 saturated carbocycles. The quantitative estimate of drug-likeness (QED) is 0.727. The van der Waals surface area contributed by atoms with E-state index in [1.54, 1.807) is 6.20 Å². The minimum absolute atomic E-state index is 0.194. The zero-order chi connectivity index (χ0) is 18.1. The summed E-state index contributed by atoms with van der Waals surface area (Å²) in [6, 6.07) is 15.7. The Balaban J connectivity index is 1.62. The van der Waals surface area contributed by atoms with Gasteiger partial charge >= 0.3 is 0 Å². The van der Waals surface area contributed by atoms with Gasteiger partial charge in [-0.05, 0) is 19.1 Å². The van der Waals surface area contributed by atoms with Gasteiger partial charge in [-0.2, -0.15) is 0 Å². The van der Waals surface area contributed by atoms with Crippen molar-refractivity contribution in [3.05, 3.63) is 76.1 Å². The van der Waals surface area contributed by atoms with Crippen molar-refractivity contribution in [1.82, 2.24) is 14.9 Å². The average molecular weight is 362 g/mol. The molecule has 1 aliphatic heterocycles. The van der Waals surface area contributed by atoms with E-state index >= 15 is 0 Å². The van der Waals surface area contributed by atoms with Crippen LogP contribution in [0.3, 0.4) is 0 Å². The van der Waals surface area contributed by atoms with Gasteiger partial charge in [0.05, 0.1) is 30.1 Å². The van der Waals surface area contributed by atoms with Crippen LogP contribution in [-0.2, 0) is 6.54 Å². The molecule has 26 heavy (non-hydrogen) atoms. The largest absolute Gasteiger partial charge is 0.510 e. The molecule has 6 heteroatoms. The molecule has 0 radical (unpaired) electrons. The normalized spacial score (nSPS) is 14.3. The zero-order valence-electron chi connectivity index (χ0n) is 14.3. The van der Waals surface area contributed by atoms with Crippen molar-refractivity contribution in [2.75, 3.05) is 6.54 Å². The smallest absolute Gasteiger partial charge is 0.135 e. The molecule has 130 valence electrons. The van der Waals surface area contributed by atoms with E-state index in [1.807, 2.05) is 60.4 Å². The van der Waals surface area contributed by atoms with E-state index < -0.39 is 0 Å². The number of rotatable bonds is 4. The minimum atomic E-state index is 0.194. The van der Waals surface area contributed by atoms with Gasteiger partial charge in [0.1, 0.15) is 16.6 Å². The molecule has 1 aromatic carbocycles. The maximum atomic E-state index is 10.5. The molecule has 0 fully saturated rings. The van der Waals surface area contributed by atoms with Crippen LogP contribution in [0.5, 0.6) is 0 Å². The van der Waals surface area contributed by atoms with Crippen molar-refractivity contribution in [3.8, 4) is 11.3 Å². The van der Waals surface area contributed by atoms with Gasteiger partial charge in [-0.15, -0.1) is 11.3 Å². The second-order valence-electron chi connectivity index (χ2n) is 6.14. The van der Waals surface area contributed by atoms with Crippen LogP contribution in [0.4, 0.5) is 0 Å². The molecule has 0 spiro atoms. The van der Waals surface area contributed by atoms with Gasteiger partial charge in [0.2, 0.25) is 0 Å². The van der Waals surface area contributed by atoms with Crippen LogP contribution in [0.25, 0.3) is 16.8 Å². The minimum Gasteiger partial charge on any atom is -0.510 e. The summed E-state index contributed by atoms with van der Waals surface area (Å²) in [5.41, 5.74) is 3.34. The number of thiazole rings is 1. The van der Waals surface area contributed by atoms with Gasteiger partial charge in [0, 0.05) is 16.6 Å². The van der Waals surface area contributed by atoms with E-state index in [9.17, 15) is 5.11 Å². The lowest BCUT2D eigenvalue weighted by Crippen LogP contribution is -2.26. The van der Waals surface area contributed by atoms with E-state index in [0.717, 1.165) is 21.8 Å². The number of hydrogen-bond acceptors (Lipinski definition) is 5. The summed E-state index contributed by atoms with van der Waals surface area (Å²) < 4.78 is 0. The average Bonchev–Trinajstić information content (AvgIpc) is 3.16. The second kappa shape index (κ2) is 6.72. The van der Waals surface area contributed by atoms with Crippen LogP contribution in [0.15, 0.2) is 60.5 Å². The molecule has 2 aromatic heterocycles.